The van der Waals surface area contributed by atoms with Gasteiger partial charge in [-0.15, -0.1) is 0 Å². The van der Waals surface area contributed by atoms with Crippen LogP contribution in [-0.2, 0) is 22.4 Å². The van der Waals surface area contributed by atoms with Crippen molar-refractivity contribution in [3.8, 4) is 11.5 Å². The molecule has 2 atom stereocenters. The van der Waals surface area contributed by atoms with Gasteiger partial charge in [0.25, 0.3) is 5.79 Å². The number of nitrogens with one attached hydrogen (secondary N) is 1. The number of benzene rings is 2. The summed E-state index contributed by atoms with van der Waals surface area (Å²) in [5.74, 6) is 1.79. The average Bonchev–Trinajstić information content (AvgIpc) is 3.29. The Morgan fingerprint density at radius 3 is 2.57 bits per heavy atom. The van der Waals surface area contributed by atoms with Crippen LogP contribution in [0, 0.1) is 5.92 Å². The molecule has 0 radical (unpaired) electrons. The maximum absolute atomic E-state index is 11.1. The zero-order chi connectivity index (χ0) is 25.2. The van der Waals surface area contributed by atoms with Crippen LogP contribution < -0.4 is 14.8 Å². The fraction of sp³-hybridized carbons (Fsp3) is 0.567. The van der Waals surface area contributed by atoms with E-state index in [-0.39, 0.29) is 12.2 Å². The van der Waals surface area contributed by atoms with Gasteiger partial charge >= 0.3 is 0 Å². The van der Waals surface area contributed by atoms with Crippen molar-refractivity contribution in [2.75, 3.05) is 26.2 Å². The molecule has 1 saturated carbocycles. The summed E-state index contributed by atoms with van der Waals surface area (Å²) in [6.07, 6.45) is 10.2. The Balaban J connectivity index is 1.14. The van der Waals surface area contributed by atoms with E-state index in [9.17, 15) is 4.79 Å². The Labute approximate surface area is 224 Å². The number of fused-ring (bicyclic) bond motifs is 3. The molecule has 3 aliphatic heterocycles. The standard InChI is InChI=1S/C30H37ClN2O4/c31-23-6-4-21(5-7-23)10-15-33-16-11-22(12-17-33)27-18-25-24(28(35-27)19-32-20-34)8-9-26-29(25)37-30(36-26)13-2-1-3-14-30/h4-9,20,22,27-28H,1-3,10-19H2,(H,32,34)/t27-,28-/m1/s1. The van der Waals surface area contributed by atoms with Crippen molar-refractivity contribution in [1.82, 2.24) is 10.2 Å². The lowest BCUT2D eigenvalue weighted by Gasteiger charge is -2.40. The molecule has 1 spiro atoms. The van der Waals surface area contributed by atoms with Gasteiger partial charge in [-0.3, -0.25) is 4.79 Å². The van der Waals surface area contributed by atoms with Crippen LogP contribution in [0.1, 0.15) is 67.7 Å². The Morgan fingerprint density at radius 2 is 1.81 bits per heavy atom. The number of nitrogens with zero attached hydrogens (tertiary/aromatic N) is 1. The average molecular weight is 525 g/mol. The minimum atomic E-state index is -0.491. The van der Waals surface area contributed by atoms with Crippen LogP contribution in [0.4, 0.5) is 0 Å². The molecular weight excluding hydrogens is 488 g/mol. The van der Waals surface area contributed by atoms with Crippen molar-refractivity contribution in [2.45, 2.75) is 75.8 Å². The van der Waals surface area contributed by atoms with E-state index in [4.69, 9.17) is 25.8 Å². The molecule has 37 heavy (non-hydrogen) atoms. The molecule has 4 aliphatic rings. The first-order valence-electron chi connectivity index (χ1n) is 14.0. The summed E-state index contributed by atoms with van der Waals surface area (Å²) in [7, 11) is 0. The first-order chi connectivity index (χ1) is 18.1. The Hall–Kier alpha value is -2.28. The third kappa shape index (κ3) is 5.34. The van der Waals surface area contributed by atoms with Crippen LogP contribution in [0.25, 0.3) is 0 Å². The lowest BCUT2D eigenvalue weighted by atomic mass is 9.83. The van der Waals surface area contributed by atoms with Crippen molar-refractivity contribution in [3.63, 3.8) is 0 Å². The molecule has 0 aromatic heterocycles. The molecule has 0 bridgehead atoms. The summed E-state index contributed by atoms with van der Waals surface area (Å²) in [5.41, 5.74) is 3.68. The molecule has 2 aromatic carbocycles. The SMILES string of the molecule is O=CNC[C@H]1O[C@@H](C2CCN(CCc3ccc(Cl)cc3)CC2)Cc2c1ccc1c2OC2(CCCCC2)O1. The number of halogens is 1. The fourth-order valence-electron chi connectivity index (χ4n) is 6.64. The smallest absolute Gasteiger partial charge is 0.251 e. The van der Waals surface area contributed by atoms with E-state index in [0.29, 0.717) is 12.5 Å². The monoisotopic (exact) mass is 524 g/mol. The molecule has 1 amide bonds. The number of hydrogen-bond donors (Lipinski definition) is 1. The summed E-state index contributed by atoms with van der Waals surface area (Å²) in [4.78, 5) is 13.7. The van der Waals surface area contributed by atoms with Gasteiger partial charge in [0.1, 0.15) is 6.10 Å². The normalized spacial score (nSPS) is 25.1. The summed E-state index contributed by atoms with van der Waals surface area (Å²) in [5, 5.41) is 3.64. The number of ether oxygens (including phenoxy) is 3. The van der Waals surface area contributed by atoms with Crippen LogP contribution in [0.5, 0.6) is 11.5 Å². The number of likely N-dealkylation sites (tertiary alicyclic amines) is 1. The molecule has 2 fully saturated rings. The van der Waals surface area contributed by atoms with Gasteiger partial charge in [0, 0.05) is 42.9 Å². The van der Waals surface area contributed by atoms with E-state index >= 15 is 0 Å². The van der Waals surface area contributed by atoms with Gasteiger partial charge in [-0.2, -0.15) is 0 Å². The maximum Gasteiger partial charge on any atom is 0.251 e. The number of amides is 1. The number of carbonyl (C=O) groups excluding carboxylic acids is 1. The van der Waals surface area contributed by atoms with Crippen molar-refractivity contribution >= 4 is 18.0 Å². The van der Waals surface area contributed by atoms with Gasteiger partial charge in [-0.05, 0) is 80.4 Å². The molecule has 0 unspecified atom stereocenters. The minimum absolute atomic E-state index is 0.113. The van der Waals surface area contributed by atoms with Crippen molar-refractivity contribution in [3.05, 3.63) is 58.1 Å². The summed E-state index contributed by atoms with van der Waals surface area (Å²) in [6.45, 7) is 3.70. The molecule has 1 saturated heterocycles. The first kappa shape index (κ1) is 25.0. The molecule has 6 rings (SSSR count). The molecule has 1 aliphatic carbocycles. The third-order valence-corrected chi connectivity index (χ3v) is 8.98. The molecule has 2 aromatic rings. The highest BCUT2D eigenvalue weighted by Gasteiger charge is 2.45. The van der Waals surface area contributed by atoms with Crippen LogP contribution in [-0.4, -0.2) is 49.4 Å². The van der Waals surface area contributed by atoms with E-state index in [1.54, 1.807) is 0 Å². The van der Waals surface area contributed by atoms with Gasteiger partial charge in [0.15, 0.2) is 11.5 Å². The zero-order valence-corrected chi connectivity index (χ0v) is 22.2. The highest BCUT2D eigenvalue weighted by atomic mass is 35.5. The summed E-state index contributed by atoms with van der Waals surface area (Å²) >= 11 is 6.03. The Bertz CT molecular complexity index is 1090. The quantitative estimate of drug-likeness (QED) is 0.488. The largest absolute Gasteiger partial charge is 0.448 e. The summed E-state index contributed by atoms with van der Waals surface area (Å²) < 4.78 is 19.7. The van der Waals surface area contributed by atoms with Crippen molar-refractivity contribution < 1.29 is 19.0 Å². The highest BCUT2D eigenvalue weighted by molar-refractivity contribution is 6.30. The minimum Gasteiger partial charge on any atom is -0.448 e. The first-order valence-corrected chi connectivity index (χ1v) is 14.3. The Kier molecular flexibility index (Phi) is 7.33. The summed E-state index contributed by atoms with van der Waals surface area (Å²) in [6, 6.07) is 12.3. The van der Waals surface area contributed by atoms with Crippen LogP contribution in [0.3, 0.4) is 0 Å². The van der Waals surface area contributed by atoms with Crippen molar-refractivity contribution in [2.24, 2.45) is 5.92 Å². The molecule has 3 heterocycles. The predicted molar refractivity (Wildman–Crippen MR) is 143 cm³/mol. The van der Waals surface area contributed by atoms with Crippen LogP contribution >= 0.6 is 11.6 Å². The van der Waals surface area contributed by atoms with Crippen LogP contribution in [0.2, 0.25) is 5.02 Å². The fourth-order valence-corrected chi connectivity index (χ4v) is 6.77. The molecular formula is C30H37ClN2O4. The number of piperidine rings is 1. The van der Waals surface area contributed by atoms with Gasteiger partial charge < -0.3 is 24.4 Å². The van der Waals surface area contributed by atoms with E-state index in [0.717, 1.165) is 99.5 Å². The second kappa shape index (κ2) is 10.8. The van der Waals surface area contributed by atoms with Crippen molar-refractivity contribution in [1.29, 1.82) is 0 Å². The molecule has 198 valence electrons. The topological polar surface area (TPSA) is 60.0 Å². The van der Waals surface area contributed by atoms with Gasteiger partial charge in [-0.25, -0.2) is 0 Å². The van der Waals surface area contributed by atoms with E-state index in [1.807, 2.05) is 18.2 Å². The second-order valence-corrected chi connectivity index (χ2v) is 11.5. The second-order valence-electron chi connectivity index (χ2n) is 11.1. The number of hydrogen-bond acceptors (Lipinski definition) is 5. The zero-order valence-electron chi connectivity index (χ0n) is 21.4. The van der Waals surface area contributed by atoms with Gasteiger partial charge in [0.2, 0.25) is 6.41 Å². The predicted octanol–water partition coefficient (Wildman–Crippen LogP) is 5.45. The maximum atomic E-state index is 11.1. The number of rotatable bonds is 7. The Morgan fingerprint density at radius 1 is 1.03 bits per heavy atom. The van der Waals surface area contributed by atoms with E-state index < -0.39 is 5.79 Å². The van der Waals surface area contributed by atoms with Gasteiger partial charge in [-0.1, -0.05) is 36.2 Å². The third-order valence-electron chi connectivity index (χ3n) is 8.73. The van der Waals surface area contributed by atoms with Crippen LogP contribution in [0.15, 0.2) is 36.4 Å². The molecule has 7 heteroatoms. The van der Waals surface area contributed by atoms with E-state index in [2.05, 4.69) is 28.4 Å². The van der Waals surface area contributed by atoms with Gasteiger partial charge in [0.05, 0.1) is 6.10 Å². The molecule has 1 N–H and O–H groups in total. The molecule has 6 nitrogen and oxygen atoms in total. The number of carbonyl (C=O) groups is 1. The lowest BCUT2D eigenvalue weighted by Crippen LogP contribution is -2.43. The lowest BCUT2D eigenvalue weighted by molar-refractivity contribution is -0.111. The van der Waals surface area contributed by atoms with E-state index in [1.165, 1.54) is 17.5 Å². The highest BCUT2D eigenvalue weighted by Crippen LogP contribution is 2.51.